The molecule has 2 heterocycles. The van der Waals surface area contributed by atoms with Crippen molar-refractivity contribution in [1.29, 1.82) is 0 Å². The smallest absolute Gasteiger partial charge is 0.297 e. The van der Waals surface area contributed by atoms with Gasteiger partial charge < -0.3 is 25.0 Å². The molecular formula is C21H24N2O7S2. The van der Waals surface area contributed by atoms with Crippen LogP contribution in [-0.4, -0.2) is 68.0 Å². The molecule has 0 radical (unpaired) electrons. The molecule has 5 unspecified atom stereocenters. The molecule has 0 saturated carbocycles. The predicted octanol–water partition coefficient (Wildman–Crippen LogP) is 0.919. The van der Waals surface area contributed by atoms with Gasteiger partial charge in [0.1, 0.15) is 30.1 Å². The molecule has 2 aliphatic heterocycles. The summed E-state index contributed by atoms with van der Waals surface area (Å²) in [5.74, 6) is 0.663. The Kier molecular flexibility index (Phi) is 6.39. The zero-order valence-corrected chi connectivity index (χ0v) is 19.0. The van der Waals surface area contributed by atoms with Crippen LogP contribution < -0.4 is 15.0 Å². The van der Waals surface area contributed by atoms with E-state index in [1.54, 1.807) is 48.4 Å². The van der Waals surface area contributed by atoms with Crippen LogP contribution in [0.25, 0.3) is 0 Å². The van der Waals surface area contributed by atoms with Crippen LogP contribution in [0.4, 0.5) is 5.69 Å². The summed E-state index contributed by atoms with van der Waals surface area (Å²) in [4.78, 5) is 1.66. The molecule has 0 bridgehead atoms. The Labute approximate surface area is 191 Å². The number of aliphatic hydroxyl groups excluding tert-OH is 2. The number of fused-ring (bicyclic) bond motifs is 1. The molecule has 2 aromatic carbocycles. The number of hydrogen-bond acceptors (Lipinski definition) is 8. The highest BCUT2D eigenvalue weighted by Gasteiger charge is 2.52. The summed E-state index contributed by atoms with van der Waals surface area (Å²) in [6.45, 7) is 1.37. The molecule has 0 amide bonds. The summed E-state index contributed by atoms with van der Waals surface area (Å²) in [7, 11) is -2.51. The molecule has 3 N–H and O–H groups in total. The Hall–Kier alpha value is -2.28. The number of hydrogen-bond donors (Lipinski definition) is 3. The highest BCUT2D eigenvalue weighted by atomic mass is 32.2. The Balaban J connectivity index is 1.52. The second kappa shape index (κ2) is 8.93. The molecule has 2 aliphatic rings. The summed E-state index contributed by atoms with van der Waals surface area (Å²) in [5, 5.41) is 24.5. The van der Waals surface area contributed by atoms with Crippen LogP contribution in [0, 0.1) is 6.92 Å². The number of aryl methyl sites for hydroxylation is 1. The van der Waals surface area contributed by atoms with Gasteiger partial charge in [-0.3, -0.25) is 9.08 Å². The molecule has 4 rings (SSSR count). The lowest BCUT2D eigenvalue weighted by molar-refractivity contribution is -0.181. The van der Waals surface area contributed by atoms with Gasteiger partial charge in [0.05, 0.1) is 18.6 Å². The topological polar surface area (TPSA) is 118 Å². The number of anilines is 1. The first-order valence-electron chi connectivity index (χ1n) is 9.93. The molecule has 2 saturated heterocycles. The van der Waals surface area contributed by atoms with E-state index < -0.39 is 47.3 Å². The Morgan fingerprint density at radius 3 is 2.38 bits per heavy atom. The Morgan fingerprint density at radius 1 is 1.09 bits per heavy atom. The third kappa shape index (κ3) is 4.32. The number of rotatable bonds is 6. The number of ether oxygens (including phenoxy) is 2. The van der Waals surface area contributed by atoms with Crippen LogP contribution in [0.3, 0.4) is 0 Å². The van der Waals surface area contributed by atoms with Crippen molar-refractivity contribution in [1.82, 2.24) is 5.32 Å². The summed E-state index contributed by atoms with van der Waals surface area (Å²) in [6, 6.07) is 12.6. The summed E-state index contributed by atoms with van der Waals surface area (Å²) < 4.78 is 41.4. The summed E-state index contributed by atoms with van der Waals surface area (Å²) in [5.41, 5.74) is 1.60. The van der Waals surface area contributed by atoms with Crippen LogP contribution in [0.2, 0.25) is 0 Å². The van der Waals surface area contributed by atoms with Crippen molar-refractivity contribution in [3.05, 3.63) is 54.1 Å². The average molecular weight is 481 g/mol. The number of nitrogens with one attached hydrogen (secondary N) is 1. The lowest BCUT2D eigenvalue weighted by atomic mass is 9.96. The highest BCUT2D eigenvalue weighted by Crippen LogP contribution is 2.33. The number of nitrogens with zero attached hydrogens (tertiary/aromatic N) is 1. The Bertz CT molecular complexity index is 1080. The molecule has 0 aromatic heterocycles. The minimum Gasteiger partial charge on any atom is -0.497 e. The average Bonchev–Trinajstić information content (AvgIpc) is 3.11. The van der Waals surface area contributed by atoms with Gasteiger partial charge in [-0.05, 0) is 55.5 Å². The van der Waals surface area contributed by atoms with Crippen LogP contribution in [0.5, 0.6) is 5.75 Å². The van der Waals surface area contributed by atoms with Gasteiger partial charge >= 0.3 is 0 Å². The predicted molar refractivity (Wildman–Crippen MR) is 120 cm³/mol. The van der Waals surface area contributed by atoms with Gasteiger partial charge in [0.25, 0.3) is 10.1 Å². The van der Waals surface area contributed by atoms with Crippen molar-refractivity contribution in [2.24, 2.45) is 0 Å². The molecule has 172 valence electrons. The second-order valence-corrected chi connectivity index (χ2v) is 9.64. The number of benzene rings is 2. The van der Waals surface area contributed by atoms with E-state index in [1.807, 2.05) is 6.92 Å². The van der Waals surface area contributed by atoms with Crippen molar-refractivity contribution in [2.75, 3.05) is 18.6 Å². The van der Waals surface area contributed by atoms with Crippen LogP contribution >= 0.6 is 12.2 Å². The third-order valence-electron chi connectivity index (χ3n) is 5.53. The van der Waals surface area contributed by atoms with Crippen LogP contribution in [-0.2, 0) is 19.0 Å². The van der Waals surface area contributed by atoms with Gasteiger partial charge in [0, 0.05) is 5.69 Å². The first-order chi connectivity index (χ1) is 15.2. The highest BCUT2D eigenvalue weighted by molar-refractivity contribution is 7.86. The molecule has 2 aromatic rings. The SMILES string of the molecule is COc1ccc(N2C(=S)NC3C(O)C(O)C(COS(=O)(=O)c4ccc(C)cc4)OC32)cc1. The fourth-order valence-corrected chi connectivity index (χ4v) is 4.99. The van der Waals surface area contributed by atoms with E-state index >= 15 is 0 Å². The van der Waals surface area contributed by atoms with E-state index in [9.17, 15) is 18.6 Å². The van der Waals surface area contributed by atoms with Gasteiger partial charge in [-0.25, -0.2) is 0 Å². The van der Waals surface area contributed by atoms with E-state index in [4.69, 9.17) is 25.9 Å². The summed E-state index contributed by atoms with van der Waals surface area (Å²) >= 11 is 5.41. The van der Waals surface area contributed by atoms with Gasteiger partial charge in [-0.2, -0.15) is 8.42 Å². The van der Waals surface area contributed by atoms with E-state index in [1.165, 1.54) is 12.1 Å². The van der Waals surface area contributed by atoms with Gasteiger partial charge in [-0.1, -0.05) is 17.7 Å². The molecule has 0 spiro atoms. The quantitative estimate of drug-likeness (QED) is 0.407. The van der Waals surface area contributed by atoms with E-state index in [0.29, 0.717) is 16.5 Å². The molecule has 9 nitrogen and oxygen atoms in total. The molecule has 0 aliphatic carbocycles. The second-order valence-electron chi connectivity index (χ2n) is 7.64. The monoisotopic (exact) mass is 480 g/mol. The maximum atomic E-state index is 12.5. The van der Waals surface area contributed by atoms with Crippen molar-refractivity contribution in [2.45, 2.75) is 42.4 Å². The third-order valence-corrected chi connectivity index (χ3v) is 7.14. The van der Waals surface area contributed by atoms with Crippen molar-refractivity contribution < 1.29 is 32.3 Å². The maximum absolute atomic E-state index is 12.5. The fourth-order valence-electron chi connectivity index (χ4n) is 3.73. The zero-order valence-electron chi connectivity index (χ0n) is 17.4. The fraction of sp³-hybridized carbons (Fsp3) is 0.381. The minimum atomic E-state index is -4.07. The van der Waals surface area contributed by atoms with Gasteiger partial charge in [0.2, 0.25) is 0 Å². The van der Waals surface area contributed by atoms with E-state index in [2.05, 4.69) is 5.32 Å². The van der Waals surface area contributed by atoms with Crippen LogP contribution in [0.1, 0.15) is 5.56 Å². The number of aliphatic hydroxyl groups is 2. The minimum absolute atomic E-state index is 0.00426. The number of methoxy groups -OCH3 is 1. The zero-order chi connectivity index (χ0) is 23.0. The van der Waals surface area contributed by atoms with Crippen molar-refractivity contribution in [3.63, 3.8) is 0 Å². The maximum Gasteiger partial charge on any atom is 0.297 e. The normalized spacial score (nSPS) is 27.7. The van der Waals surface area contributed by atoms with E-state index in [-0.39, 0.29) is 4.90 Å². The van der Waals surface area contributed by atoms with E-state index in [0.717, 1.165) is 5.56 Å². The van der Waals surface area contributed by atoms with Crippen LogP contribution in [0.15, 0.2) is 53.4 Å². The molecule has 11 heteroatoms. The van der Waals surface area contributed by atoms with Crippen molar-refractivity contribution >= 4 is 33.1 Å². The standard InChI is InChI=1S/C21H24N2O7S2/c1-12-3-9-15(10-4-12)32(26,27)29-11-16-18(24)19(25)17-20(30-16)23(21(31)22-17)13-5-7-14(28-2)8-6-13/h3-10,16-20,24-25H,11H2,1-2H3,(H,22,31). The lowest BCUT2D eigenvalue weighted by Gasteiger charge is -2.41. The lowest BCUT2D eigenvalue weighted by Crippen LogP contribution is -2.62. The number of thiocarbonyl (C=S) groups is 1. The van der Waals surface area contributed by atoms with Crippen molar-refractivity contribution in [3.8, 4) is 5.75 Å². The Morgan fingerprint density at radius 2 is 1.75 bits per heavy atom. The largest absolute Gasteiger partial charge is 0.497 e. The molecule has 2 fully saturated rings. The first kappa shape index (κ1) is 22.9. The van der Waals surface area contributed by atoms with Gasteiger partial charge in [0.15, 0.2) is 11.3 Å². The molecular weight excluding hydrogens is 456 g/mol. The molecule has 32 heavy (non-hydrogen) atoms. The first-order valence-corrected chi connectivity index (χ1v) is 11.7. The summed E-state index contributed by atoms with van der Waals surface area (Å²) in [6.07, 6.45) is -4.51. The molecule has 5 atom stereocenters. The van der Waals surface area contributed by atoms with Gasteiger partial charge in [-0.15, -0.1) is 0 Å².